The molecule has 0 radical (unpaired) electrons. The van der Waals surface area contributed by atoms with Crippen LogP contribution in [0.5, 0.6) is 0 Å². The summed E-state index contributed by atoms with van der Waals surface area (Å²) in [5.74, 6) is 0.556. The van der Waals surface area contributed by atoms with E-state index in [9.17, 15) is 4.79 Å². The minimum absolute atomic E-state index is 0.100. The number of carbonyl (C=O) groups is 1. The zero-order valence-electron chi connectivity index (χ0n) is 11.2. The van der Waals surface area contributed by atoms with Gasteiger partial charge in [0.15, 0.2) is 0 Å². The Labute approximate surface area is 123 Å². The molecule has 1 saturated carbocycles. The molecule has 0 unspecified atom stereocenters. The van der Waals surface area contributed by atoms with Crippen LogP contribution in [0.3, 0.4) is 0 Å². The Morgan fingerprint density at radius 3 is 2.80 bits per heavy atom. The van der Waals surface area contributed by atoms with Crippen LogP contribution in [-0.4, -0.2) is 23.3 Å². The monoisotopic (exact) mass is 288 g/mol. The van der Waals surface area contributed by atoms with Crippen LogP contribution >= 0.6 is 11.6 Å². The van der Waals surface area contributed by atoms with Gasteiger partial charge in [-0.1, -0.05) is 24.3 Å². The number of hydrogen-bond donors (Lipinski definition) is 1. The van der Waals surface area contributed by atoms with Crippen LogP contribution in [-0.2, 0) is 0 Å². The average molecular weight is 289 g/mol. The number of benzene rings is 1. The number of fused-ring (bicyclic) bond motifs is 1. The summed E-state index contributed by atoms with van der Waals surface area (Å²) >= 11 is 5.80. The Morgan fingerprint density at radius 1 is 1.25 bits per heavy atom. The molecule has 104 valence electrons. The molecule has 0 spiro atoms. The molecular weight excluding hydrogens is 272 g/mol. The first-order valence-electron chi connectivity index (χ1n) is 6.92. The summed E-state index contributed by atoms with van der Waals surface area (Å²) in [7, 11) is 0. The Kier molecular flexibility index (Phi) is 3.62. The topological polar surface area (TPSA) is 42.0 Å². The molecule has 1 heterocycles. The van der Waals surface area contributed by atoms with E-state index in [1.807, 2.05) is 30.3 Å². The lowest BCUT2D eigenvalue weighted by Gasteiger charge is -2.14. The lowest BCUT2D eigenvalue weighted by molar-refractivity contribution is 0.0940. The van der Waals surface area contributed by atoms with Gasteiger partial charge in [0.25, 0.3) is 5.91 Å². The van der Waals surface area contributed by atoms with E-state index in [0.717, 1.165) is 30.2 Å². The van der Waals surface area contributed by atoms with Gasteiger partial charge >= 0.3 is 0 Å². The normalized spacial score (nSPS) is 16.1. The molecule has 1 aliphatic rings. The van der Waals surface area contributed by atoms with Gasteiger partial charge in [-0.05, 0) is 36.8 Å². The van der Waals surface area contributed by atoms with E-state index in [0.29, 0.717) is 18.1 Å². The molecule has 1 N–H and O–H groups in total. The highest BCUT2D eigenvalue weighted by Crippen LogP contribution is 2.48. The quantitative estimate of drug-likeness (QED) is 0.857. The fraction of sp³-hybridized carbons (Fsp3) is 0.375. The Balaban J connectivity index is 1.69. The molecule has 0 saturated heterocycles. The van der Waals surface area contributed by atoms with Gasteiger partial charge in [0.05, 0.1) is 5.52 Å². The minimum Gasteiger partial charge on any atom is -0.350 e. The van der Waals surface area contributed by atoms with Crippen LogP contribution in [0.2, 0.25) is 0 Å². The number of pyridine rings is 1. The lowest BCUT2D eigenvalue weighted by Crippen LogP contribution is -2.31. The number of nitrogens with zero attached hydrogens (tertiary/aromatic N) is 1. The zero-order valence-corrected chi connectivity index (χ0v) is 12.0. The largest absolute Gasteiger partial charge is 0.350 e. The smallest absolute Gasteiger partial charge is 0.269 e. The summed E-state index contributed by atoms with van der Waals surface area (Å²) in [5.41, 5.74) is 1.57. The third-order valence-electron chi connectivity index (χ3n) is 4.04. The van der Waals surface area contributed by atoms with E-state index in [2.05, 4.69) is 10.3 Å². The lowest BCUT2D eigenvalue weighted by atomic mass is 10.0. The van der Waals surface area contributed by atoms with Gasteiger partial charge in [-0.25, -0.2) is 4.98 Å². The Bertz CT molecular complexity index is 637. The number of hydrogen-bond acceptors (Lipinski definition) is 2. The molecule has 1 amide bonds. The predicted octanol–water partition coefficient (Wildman–Crippen LogP) is 3.37. The van der Waals surface area contributed by atoms with Crippen LogP contribution in [0.4, 0.5) is 0 Å². The molecule has 0 bridgehead atoms. The maximum atomic E-state index is 12.2. The third-order valence-corrected chi connectivity index (χ3v) is 4.23. The first-order valence-corrected chi connectivity index (χ1v) is 7.46. The second-order valence-corrected chi connectivity index (χ2v) is 5.89. The van der Waals surface area contributed by atoms with Crippen molar-refractivity contribution in [2.45, 2.75) is 19.3 Å². The zero-order chi connectivity index (χ0) is 14.0. The number of carbonyl (C=O) groups excluding carboxylic acids is 1. The number of alkyl halides is 1. The van der Waals surface area contributed by atoms with Crippen molar-refractivity contribution in [3.63, 3.8) is 0 Å². The molecule has 2 aromatic rings. The van der Waals surface area contributed by atoms with E-state index in [-0.39, 0.29) is 11.3 Å². The highest BCUT2D eigenvalue weighted by molar-refractivity contribution is 6.17. The number of rotatable bonds is 5. The molecule has 1 fully saturated rings. The van der Waals surface area contributed by atoms with Crippen LogP contribution in [0, 0.1) is 5.41 Å². The fourth-order valence-corrected chi connectivity index (χ4v) is 2.84. The SMILES string of the molecule is O=C(NCC1(CCCl)CC1)c1ccc2ccccc2n1. The maximum Gasteiger partial charge on any atom is 0.269 e. The van der Waals surface area contributed by atoms with E-state index >= 15 is 0 Å². The van der Waals surface area contributed by atoms with Crippen molar-refractivity contribution in [2.75, 3.05) is 12.4 Å². The molecular formula is C16H17ClN2O. The van der Waals surface area contributed by atoms with Crippen molar-refractivity contribution in [3.05, 3.63) is 42.1 Å². The number of para-hydroxylation sites is 1. The molecule has 0 aliphatic heterocycles. The van der Waals surface area contributed by atoms with Crippen LogP contribution in [0.25, 0.3) is 10.9 Å². The van der Waals surface area contributed by atoms with Crippen LogP contribution in [0.1, 0.15) is 29.8 Å². The summed E-state index contributed by atoms with van der Waals surface area (Å²) in [4.78, 5) is 16.6. The molecule has 1 aromatic heterocycles. The van der Waals surface area contributed by atoms with E-state index in [1.165, 1.54) is 0 Å². The summed E-state index contributed by atoms with van der Waals surface area (Å²) in [6.07, 6.45) is 3.29. The summed E-state index contributed by atoms with van der Waals surface area (Å²) in [6.45, 7) is 0.701. The summed E-state index contributed by atoms with van der Waals surface area (Å²) in [5, 5.41) is 4.04. The minimum atomic E-state index is -0.100. The van der Waals surface area contributed by atoms with Crippen molar-refractivity contribution >= 4 is 28.4 Å². The third kappa shape index (κ3) is 2.78. The van der Waals surface area contributed by atoms with Gasteiger partial charge in [-0.2, -0.15) is 0 Å². The van der Waals surface area contributed by atoms with Gasteiger partial charge in [0.2, 0.25) is 0 Å². The van der Waals surface area contributed by atoms with Crippen molar-refractivity contribution < 1.29 is 4.79 Å². The summed E-state index contributed by atoms with van der Waals surface area (Å²) in [6, 6.07) is 11.5. The number of halogens is 1. The second kappa shape index (κ2) is 5.41. The molecule has 1 aliphatic carbocycles. The predicted molar refractivity (Wildman–Crippen MR) is 81.1 cm³/mol. The number of nitrogens with one attached hydrogen (secondary N) is 1. The fourth-order valence-electron chi connectivity index (χ4n) is 2.44. The van der Waals surface area contributed by atoms with E-state index in [4.69, 9.17) is 11.6 Å². The van der Waals surface area contributed by atoms with E-state index < -0.39 is 0 Å². The molecule has 3 nitrogen and oxygen atoms in total. The van der Waals surface area contributed by atoms with Crippen LogP contribution < -0.4 is 5.32 Å². The van der Waals surface area contributed by atoms with Crippen molar-refractivity contribution in [2.24, 2.45) is 5.41 Å². The maximum absolute atomic E-state index is 12.2. The molecule has 20 heavy (non-hydrogen) atoms. The van der Waals surface area contributed by atoms with Crippen molar-refractivity contribution in [3.8, 4) is 0 Å². The van der Waals surface area contributed by atoms with Gasteiger partial charge in [0.1, 0.15) is 5.69 Å². The number of amides is 1. The average Bonchev–Trinajstić information content (AvgIpc) is 3.25. The molecule has 4 heteroatoms. The first kappa shape index (κ1) is 13.4. The van der Waals surface area contributed by atoms with Crippen LogP contribution in [0.15, 0.2) is 36.4 Å². The summed E-state index contributed by atoms with van der Waals surface area (Å²) < 4.78 is 0. The highest BCUT2D eigenvalue weighted by atomic mass is 35.5. The van der Waals surface area contributed by atoms with Crippen molar-refractivity contribution in [1.82, 2.24) is 10.3 Å². The highest BCUT2D eigenvalue weighted by Gasteiger charge is 2.41. The molecule has 1 aromatic carbocycles. The van der Waals surface area contributed by atoms with Gasteiger partial charge in [-0.15, -0.1) is 11.6 Å². The molecule has 0 atom stereocenters. The van der Waals surface area contributed by atoms with Crippen molar-refractivity contribution in [1.29, 1.82) is 0 Å². The standard InChI is InChI=1S/C16H17ClN2O/c17-10-9-16(7-8-16)11-18-15(20)14-6-5-12-3-1-2-4-13(12)19-14/h1-6H,7-11H2,(H,18,20). The Hall–Kier alpha value is -1.61. The van der Waals surface area contributed by atoms with Gasteiger partial charge in [0, 0.05) is 17.8 Å². The van der Waals surface area contributed by atoms with Gasteiger partial charge in [-0.3, -0.25) is 4.79 Å². The number of aromatic nitrogens is 1. The van der Waals surface area contributed by atoms with Gasteiger partial charge < -0.3 is 5.32 Å². The molecule has 3 rings (SSSR count). The van der Waals surface area contributed by atoms with E-state index in [1.54, 1.807) is 6.07 Å². The first-order chi connectivity index (χ1) is 9.72. The Morgan fingerprint density at radius 2 is 2.05 bits per heavy atom. The second-order valence-electron chi connectivity index (χ2n) is 5.51.